The number of terminal acetylenes is 1. The molecule has 0 heterocycles. The van der Waals surface area contributed by atoms with E-state index in [4.69, 9.17) is 11.5 Å². The van der Waals surface area contributed by atoms with E-state index in [1.807, 2.05) is 0 Å². The Morgan fingerprint density at radius 2 is 2.21 bits per heavy atom. The Hall–Kier alpha value is -1.60. The van der Waals surface area contributed by atoms with Gasteiger partial charge in [0.15, 0.2) is 0 Å². The number of halogens is 2. The quantitative estimate of drug-likeness (QED) is 0.752. The summed E-state index contributed by atoms with van der Waals surface area (Å²) in [6, 6.07) is 4.27. The first kappa shape index (κ1) is 10.5. The molecule has 0 aliphatic rings. The number of alkyl halides is 2. The lowest BCUT2D eigenvalue weighted by Gasteiger charge is -2.08. The molecule has 0 saturated heterocycles. The second-order valence-corrected chi connectivity index (χ2v) is 2.37. The van der Waals surface area contributed by atoms with Gasteiger partial charge in [0.1, 0.15) is 12.4 Å². The Bertz CT molecular complexity index is 356. The number of aliphatic hydroxyl groups is 1. The molecule has 1 aromatic carbocycles. The van der Waals surface area contributed by atoms with Crippen LogP contribution in [0.25, 0.3) is 0 Å². The Morgan fingerprint density at radius 1 is 1.50 bits per heavy atom. The monoisotopic (exact) mass is 197 g/mol. The molecule has 0 atom stereocenters. The number of hydrogen-bond acceptors (Lipinski definition) is 2. The first-order chi connectivity index (χ1) is 6.69. The van der Waals surface area contributed by atoms with E-state index in [9.17, 15) is 8.78 Å². The molecule has 0 amide bonds. The number of aliphatic hydroxyl groups excluding tert-OH is 1. The smallest absolute Gasteiger partial charge is 0.387 e. The minimum atomic E-state index is -2.93. The van der Waals surface area contributed by atoms with Gasteiger partial charge in [-0.3, -0.25) is 0 Å². The second-order valence-electron chi connectivity index (χ2n) is 2.37. The van der Waals surface area contributed by atoms with Gasteiger partial charge in [-0.1, -0.05) is 18.1 Å². The van der Waals surface area contributed by atoms with Crippen molar-refractivity contribution in [3.05, 3.63) is 35.9 Å². The van der Waals surface area contributed by atoms with E-state index in [1.165, 1.54) is 18.2 Å². The van der Waals surface area contributed by atoms with Crippen LogP contribution in [0.2, 0.25) is 0 Å². The van der Waals surface area contributed by atoms with Crippen LogP contribution in [0, 0.1) is 19.0 Å². The zero-order valence-corrected chi connectivity index (χ0v) is 7.08. The lowest BCUT2D eigenvalue weighted by atomic mass is 10.1. The normalized spacial score (nSPS) is 9.93. The lowest BCUT2D eigenvalue weighted by Crippen LogP contribution is -2.04. The Balaban J connectivity index is 3.10. The van der Waals surface area contributed by atoms with Crippen molar-refractivity contribution in [3.8, 4) is 18.1 Å². The van der Waals surface area contributed by atoms with Crippen LogP contribution in [0.4, 0.5) is 8.78 Å². The Kier molecular flexibility index (Phi) is 3.43. The summed E-state index contributed by atoms with van der Waals surface area (Å²) in [5.74, 6) is 2.05. The summed E-state index contributed by atoms with van der Waals surface area (Å²) in [5, 5.41) is 8.74. The van der Waals surface area contributed by atoms with Gasteiger partial charge < -0.3 is 9.84 Å². The highest BCUT2D eigenvalue weighted by molar-refractivity contribution is 5.52. The third kappa shape index (κ3) is 2.21. The van der Waals surface area contributed by atoms with Gasteiger partial charge in [0.05, 0.1) is 5.56 Å². The standard InChI is InChI=1S/C10H7F2O2/c1-2-8-7(6-13)4-3-5-9(8)14-10(11)12/h1,3-6,10,13H. The summed E-state index contributed by atoms with van der Waals surface area (Å²) in [4.78, 5) is 0. The van der Waals surface area contributed by atoms with E-state index in [0.717, 1.165) is 6.61 Å². The average molecular weight is 197 g/mol. The molecular formula is C10H7F2O2. The van der Waals surface area contributed by atoms with E-state index in [-0.39, 0.29) is 16.9 Å². The topological polar surface area (TPSA) is 29.5 Å². The van der Waals surface area contributed by atoms with E-state index >= 15 is 0 Å². The molecule has 1 N–H and O–H groups in total. The van der Waals surface area contributed by atoms with Gasteiger partial charge in [0.2, 0.25) is 0 Å². The molecule has 0 spiro atoms. The summed E-state index contributed by atoms with van der Waals surface area (Å²) in [6.07, 6.45) is 5.10. The number of ether oxygens (including phenoxy) is 1. The SMILES string of the molecule is C#Cc1c([CH]O)cccc1OC(F)F. The molecule has 0 bridgehead atoms. The van der Waals surface area contributed by atoms with Crippen LogP contribution in [-0.2, 0) is 0 Å². The minimum Gasteiger partial charge on any atom is -0.433 e. The Morgan fingerprint density at radius 3 is 2.71 bits per heavy atom. The zero-order chi connectivity index (χ0) is 10.6. The molecule has 4 heteroatoms. The predicted molar refractivity (Wildman–Crippen MR) is 46.3 cm³/mol. The van der Waals surface area contributed by atoms with Crippen molar-refractivity contribution in [2.75, 3.05) is 0 Å². The molecule has 73 valence electrons. The largest absolute Gasteiger partial charge is 0.433 e. The average Bonchev–Trinajstić information content (AvgIpc) is 2.16. The minimum absolute atomic E-state index is 0.107. The summed E-state index contributed by atoms with van der Waals surface area (Å²) < 4.78 is 28.0. The fourth-order valence-electron chi connectivity index (χ4n) is 1.00. The number of hydrogen-bond donors (Lipinski definition) is 1. The molecule has 1 rings (SSSR count). The predicted octanol–water partition coefficient (Wildman–Crippen LogP) is 2.15. The number of benzene rings is 1. The van der Waals surface area contributed by atoms with Gasteiger partial charge in [-0.25, -0.2) is 0 Å². The van der Waals surface area contributed by atoms with Crippen LogP contribution in [0.1, 0.15) is 11.1 Å². The highest BCUT2D eigenvalue weighted by atomic mass is 19.3. The van der Waals surface area contributed by atoms with Gasteiger partial charge >= 0.3 is 6.61 Å². The molecule has 14 heavy (non-hydrogen) atoms. The van der Waals surface area contributed by atoms with Gasteiger partial charge in [-0.15, -0.1) is 6.42 Å². The van der Waals surface area contributed by atoms with Crippen molar-refractivity contribution >= 4 is 0 Å². The van der Waals surface area contributed by atoms with Crippen molar-refractivity contribution in [2.24, 2.45) is 0 Å². The van der Waals surface area contributed by atoms with E-state index in [1.54, 1.807) is 0 Å². The first-order valence-electron chi connectivity index (χ1n) is 3.71. The molecule has 2 nitrogen and oxygen atoms in total. The fourth-order valence-corrected chi connectivity index (χ4v) is 1.00. The van der Waals surface area contributed by atoms with Gasteiger partial charge in [-0.05, 0) is 6.07 Å². The molecule has 0 aliphatic heterocycles. The summed E-state index contributed by atoms with van der Waals surface area (Å²) in [7, 11) is 0. The van der Waals surface area contributed by atoms with Crippen LogP contribution in [0.3, 0.4) is 0 Å². The van der Waals surface area contributed by atoms with Crippen LogP contribution in [0.5, 0.6) is 5.75 Å². The molecule has 0 fully saturated rings. The van der Waals surface area contributed by atoms with Crippen molar-refractivity contribution in [3.63, 3.8) is 0 Å². The molecule has 0 saturated carbocycles. The van der Waals surface area contributed by atoms with Gasteiger partial charge in [-0.2, -0.15) is 8.78 Å². The fraction of sp³-hybridized carbons (Fsp3) is 0.100. The summed E-state index contributed by atoms with van der Waals surface area (Å²) >= 11 is 0. The Labute approximate surface area is 80.1 Å². The highest BCUT2D eigenvalue weighted by Crippen LogP contribution is 2.23. The molecule has 0 aliphatic carbocycles. The lowest BCUT2D eigenvalue weighted by molar-refractivity contribution is -0.0500. The number of rotatable bonds is 3. The molecule has 0 unspecified atom stereocenters. The van der Waals surface area contributed by atoms with Crippen molar-refractivity contribution < 1.29 is 18.6 Å². The van der Waals surface area contributed by atoms with E-state index in [2.05, 4.69) is 10.7 Å². The molecule has 1 radical (unpaired) electrons. The van der Waals surface area contributed by atoms with Gasteiger partial charge in [0.25, 0.3) is 0 Å². The van der Waals surface area contributed by atoms with Gasteiger partial charge in [0, 0.05) is 5.56 Å². The maximum absolute atomic E-state index is 11.9. The summed E-state index contributed by atoms with van der Waals surface area (Å²) in [6.45, 7) is -2.19. The first-order valence-corrected chi connectivity index (χ1v) is 3.71. The van der Waals surface area contributed by atoms with Crippen LogP contribution in [0.15, 0.2) is 18.2 Å². The third-order valence-electron chi connectivity index (χ3n) is 1.56. The maximum Gasteiger partial charge on any atom is 0.387 e. The summed E-state index contributed by atoms with van der Waals surface area (Å²) in [5.41, 5.74) is 0.376. The molecule has 1 aromatic rings. The van der Waals surface area contributed by atoms with E-state index in [0.29, 0.717) is 0 Å². The zero-order valence-electron chi connectivity index (χ0n) is 7.08. The van der Waals surface area contributed by atoms with Crippen molar-refractivity contribution in [2.45, 2.75) is 6.61 Å². The van der Waals surface area contributed by atoms with Crippen LogP contribution in [-0.4, -0.2) is 11.7 Å². The molecular weight excluding hydrogens is 190 g/mol. The van der Waals surface area contributed by atoms with Crippen molar-refractivity contribution in [1.82, 2.24) is 0 Å². The van der Waals surface area contributed by atoms with Crippen molar-refractivity contribution in [1.29, 1.82) is 0 Å². The second kappa shape index (κ2) is 4.58. The van der Waals surface area contributed by atoms with E-state index < -0.39 is 6.61 Å². The van der Waals surface area contributed by atoms with Crippen LogP contribution >= 0.6 is 0 Å². The molecule has 0 aromatic heterocycles. The van der Waals surface area contributed by atoms with Crippen LogP contribution < -0.4 is 4.74 Å². The maximum atomic E-state index is 11.9. The third-order valence-corrected chi connectivity index (χ3v) is 1.56. The highest BCUT2D eigenvalue weighted by Gasteiger charge is 2.11.